The first-order chi connectivity index (χ1) is 16.7. The number of amides is 2. The van der Waals surface area contributed by atoms with E-state index in [1.807, 2.05) is 60.7 Å². The maximum absolute atomic E-state index is 12.5. The number of nitrogens with one attached hydrogen (secondary N) is 2. The average Bonchev–Trinajstić information content (AvgIpc) is 3.59. The van der Waals surface area contributed by atoms with Crippen LogP contribution >= 0.6 is 0 Å². The van der Waals surface area contributed by atoms with Gasteiger partial charge in [-0.15, -0.1) is 0 Å². The molecule has 0 radical (unpaired) electrons. The molecule has 3 aromatic carbocycles. The smallest absolute Gasteiger partial charge is 0.251 e. The number of oxazole rings is 1. The van der Waals surface area contributed by atoms with Crippen LogP contribution in [0.4, 0.5) is 5.69 Å². The molecular weight excluding hydrogens is 426 g/mol. The molecule has 0 saturated heterocycles. The predicted molar refractivity (Wildman–Crippen MR) is 131 cm³/mol. The van der Waals surface area contributed by atoms with E-state index in [2.05, 4.69) is 10.6 Å². The summed E-state index contributed by atoms with van der Waals surface area (Å²) in [6, 6.07) is 27.0. The quantitative estimate of drug-likeness (QED) is 0.372. The number of nitrogens with zero attached hydrogens (tertiary/aromatic N) is 1. The van der Waals surface area contributed by atoms with Gasteiger partial charge in [0.05, 0.1) is 0 Å². The van der Waals surface area contributed by atoms with Crippen molar-refractivity contribution in [3.8, 4) is 22.6 Å². The lowest BCUT2D eigenvalue weighted by atomic mass is 10.1. The Labute approximate surface area is 198 Å². The van der Waals surface area contributed by atoms with Crippen LogP contribution in [0.5, 0.6) is 0 Å². The molecule has 1 aromatic heterocycles. The van der Waals surface area contributed by atoms with E-state index < -0.39 is 0 Å². The molecule has 6 nitrogen and oxygen atoms in total. The number of aryl methyl sites for hydroxylation is 1. The molecule has 6 heteroatoms. The molecule has 4 aromatic rings. The van der Waals surface area contributed by atoms with Crippen LogP contribution in [-0.2, 0) is 11.2 Å². The van der Waals surface area contributed by atoms with Crippen molar-refractivity contribution < 1.29 is 14.0 Å². The van der Waals surface area contributed by atoms with Gasteiger partial charge >= 0.3 is 0 Å². The first-order valence-corrected chi connectivity index (χ1v) is 11.5. The fourth-order valence-corrected chi connectivity index (χ4v) is 3.69. The normalized spacial score (nSPS) is 12.8. The maximum Gasteiger partial charge on any atom is 0.251 e. The summed E-state index contributed by atoms with van der Waals surface area (Å²) in [6.07, 6.45) is 2.70. The van der Waals surface area contributed by atoms with Gasteiger partial charge in [0, 0.05) is 41.3 Å². The lowest BCUT2D eigenvalue weighted by Gasteiger charge is -2.06. The number of hydrogen-bond acceptors (Lipinski definition) is 4. The summed E-state index contributed by atoms with van der Waals surface area (Å²) in [5.74, 6) is 0.992. The van der Waals surface area contributed by atoms with Gasteiger partial charge in [-0.25, -0.2) is 4.98 Å². The highest BCUT2D eigenvalue weighted by Gasteiger charge is 2.23. The van der Waals surface area contributed by atoms with Crippen molar-refractivity contribution in [2.45, 2.75) is 31.7 Å². The van der Waals surface area contributed by atoms with Gasteiger partial charge in [-0.05, 0) is 37.1 Å². The Balaban J connectivity index is 1.24. The second kappa shape index (κ2) is 9.75. The number of aromatic nitrogens is 1. The predicted octanol–water partition coefficient (Wildman–Crippen LogP) is 5.47. The monoisotopic (exact) mass is 451 g/mol. The standard InChI is InChI=1S/C28H25N3O3/c32-24(29-22-13-11-21(12-14-22)28(33)30-23-15-16-23)17-18-25-31-26(19-7-3-1-4-8-19)27(34-25)20-9-5-2-6-10-20/h1-14,23H,15-18H2,(H,29,32)(H,30,33). The summed E-state index contributed by atoms with van der Waals surface area (Å²) in [4.78, 5) is 29.3. The molecule has 2 amide bonds. The maximum atomic E-state index is 12.5. The molecule has 0 unspecified atom stereocenters. The fourth-order valence-electron chi connectivity index (χ4n) is 3.69. The summed E-state index contributed by atoms with van der Waals surface area (Å²) < 4.78 is 6.10. The zero-order chi connectivity index (χ0) is 23.3. The van der Waals surface area contributed by atoms with Crippen LogP contribution in [0.3, 0.4) is 0 Å². The second-order valence-electron chi connectivity index (χ2n) is 8.39. The molecule has 34 heavy (non-hydrogen) atoms. The van der Waals surface area contributed by atoms with Gasteiger partial charge in [0.15, 0.2) is 11.7 Å². The SMILES string of the molecule is O=C(CCc1nc(-c2ccccc2)c(-c2ccccc2)o1)Nc1ccc(C(=O)NC2CC2)cc1. The minimum Gasteiger partial charge on any atom is -0.440 e. The Morgan fingerprint density at radius 3 is 2.15 bits per heavy atom. The van der Waals surface area contributed by atoms with Crippen molar-refractivity contribution in [3.63, 3.8) is 0 Å². The molecule has 170 valence electrons. The summed E-state index contributed by atoms with van der Waals surface area (Å²) >= 11 is 0. The van der Waals surface area contributed by atoms with Crippen LogP contribution in [0, 0.1) is 0 Å². The lowest BCUT2D eigenvalue weighted by Crippen LogP contribution is -2.25. The molecule has 0 bridgehead atoms. The third kappa shape index (κ3) is 5.23. The number of benzene rings is 3. The van der Waals surface area contributed by atoms with E-state index in [1.165, 1.54) is 0 Å². The zero-order valence-corrected chi connectivity index (χ0v) is 18.7. The Bertz CT molecular complexity index is 1220. The number of carbonyl (C=O) groups excluding carboxylic acids is 2. The van der Waals surface area contributed by atoms with Gasteiger partial charge in [-0.1, -0.05) is 60.7 Å². The Hall–Kier alpha value is -4.19. The van der Waals surface area contributed by atoms with Crippen molar-refractivity contribution in [1.82, 2.24) is 10.3 Å². The second-order valence-corrected chi connectivity index (χ2v) is 8.39. The molecular formula is C28H25N3O3. The van der Waals surface area contributed by atoms with Gasteiger partial charge in [-0.3, -0.25) is 9.59 Å². The van der Waals surface area contributed by atoms with Gasteiger partial charge < -0.3 is 15.1 Å². The number of anilines is 1. The van der Waals surface area contributed by atoms with E-state index in [9.17, 15) is 9.59 Å². The molecule has 2 N–H and O–H groups in total. The van der Waals surface area contributed by atoms with E-state index in [0.717, 1.165) is 29.7 Å². The van der Waals surface area contributed by atoms with E-state index in [0.29, 0.717) is 35.4 Å². The molecule has 1 fully saturated rings. The van der Waals surface area contributed by atoms with Gasteiger partial charge in [0.1, 0.15) is 5.69 Å². The fraction of sp³-hybridized carbons (Fsp3) is 0.179. The first kappa shape index (κ1) is 21.6. The third-order valence-corrected chi connectivity index (χ3v) is 5.66. The summed E-state index contributed by atoms with van der Waals surface area (Å²) in [6.45, 7) is 0. The highest BCUT2D eigenvalue weighted by molar-refractivity contribution is 5.96. The van der Waals surface area contributed by atoms with Crippen LogP contribution in [0.2, 0.25) is 0 Å². The first-order valence-electron chi connectivity index (χ1n) is 11.5. The summed E-state index contributed by atoms with van der Waals surface area (Å²) in [5, 5.41) is 5.83. The largest absolute Gasteiger partial charge is 0.440 e. The Morgan fingerprint density at radius 2 is 1.50 bits per heavy atom. The molecule has 1 aliphatic rings. The van der Waals surface area contributed by atoms with E-state index in [1.54, 1.807) is 24.3 Å². The van der Waals surface area contributed by atoms with Crippen LogP contribution in [0.1, 0.15) is 35.5 Å². The highest BCUT2D eigenvalue weighted by atomic mass is 16.4. The average molecular weight is 452 g/mol. The molecule has 1 aliphatic carbocycles. The topological polar surface area (TPSA) is 84.2 Å². The van der Waals surface area contributed by atoms with Gasteiger partial charge in [-0.2, -0.15) is 0 Å². The molecule has 0 atom stereocenters. The van der Waals surface area contributed by atoms with Crippen molar-refractivity contribution in [3.05, 3.63) is 96.4 Å². The van der Waals surface area contributed by atoms with E-state index in [-0.39, 0.29) is 18.2 Å². The number of carbonyl (C=O) groups is 2. The van der Waals surface area contributed by atoms with Crippen molar-refractivity contribution in [2.75, 3.05) is 5.32 Å². The zero-order valence-electron chi connectivity index (χ0n) is 18.7. The number of rotatable bonds is 8. The molecule has 1 saturated carbocycles. The Kier molecular flexibility index (Phi) is 6.21. The van der Waals surface area contributed by atoms with Crippen LogP contribution in [0.25, 0.3) is 22.6 Å². The summed E-state index contributed by atoms with van der Waals surface area (Å²) in [7, 11) is 0. The third-order valence-electron chi connectivity index (χ3n) is 5.66. The highest BCUT2D eigenvalue weighted by Crippen LogP contribution is 2.32. The van der Waals surface area contributed by atoms with Crippen molar-refractivity contribution in [1.29, 1.82) is 0 Å². The van der Waals surface area contributed by atoms with E-state index in [4.69, 9.17) is 9.40 Å². The van der Waals surface area contributed by atoms with Crippen molar-refractivity contribution in [2.24, 2.45) is 0 Å². The van der Waals surface area contributed by atoms with E-state index >= 15 is 0 Å². The Morgan fingerprint density at radius 1 is 0.853 bits per heavy atom. The molecule has 5 rings (SSSR count). The minimum absolute atomic E-state index is 0.0762. The molecule has 0 spiro atoms. The van der Waals surface area contributed by atoms with Crippen molar-refractivity contribution >= 4 is 17.5 Å². The minimum atomic E-state index is -0.143. The number of hydrogen-bond donors (Lipinski definition) is 2. The van der Waals surface area contributed by atoms with Gasteiger partial charge in [0.25, 0.3) is 5.91 Å². The lowest BCUT2D eigenvalue weighted by molar-refractivity contribution is -0.116. The molecule has 0 aliphatic heterocycles. The van der Waals surface area contributed by atoms with Gasteiger partial charge in [0.2, 0.25) is 5.91 Å². The van der Waals surface area contributed by atoms with Crippen LogP contribution < -0.4 is 10.6 Å². The van der Waals surface area contributed by atoms with Crippen LogP contribution in [0.15, 0.2) is 89.3 Å². The molecule has 1 heterocycles. The summed E-state index contributed by atoms with van der Waals surface area (Å²) in [5.41, 5.74) is 3.91. The van der Waals surface area contributed by atoms with Crippen LogP contribution in [-0.4, -0.2) is 22.8 Å².